The minimum atomic E-state index is -3.28. The average Bonchev–Trinajstić information content (AvgIpc) is 2.73. The van der Waals surface area contributed by atoms with Crippen molar-refractivity contribution in [3.8, 4) is 0 Å². The van der Waals surface area contributed by atoms with E-state index in [2.05, 4.69) is 14.6 Å². The van der Waals surface area contributed by atoms with Gasteiger partial charge in [-0.05, 0) is 42.4 Å². The van der Waals surface area contributed by atoms with Crippen molar-refractivity contribution in [1.82, 2.24) is 9.62 Å². The normalized spacial score (nSPS) is 15.6. The Morgan fingerprint density at radius 3 is 2.21 bits per heavy atom. The molecule has 1 heterocycles. The average molecular weight is 420 g/mol. The van der Waals surface area contributed by atoms with Gasteiger partial charge in [0, 0.05) is 31.9 Å². The zero-order chi connectivity index (χ0) is 20.9. The van der Waals surface area contributed by atoms with Gasteiger partial charge in [-0.25, -0.2) is 22.5 Å². The second kappa shape index (κ2) is 9.23. The van der Waals surface area contributed by atoms with Crippen molar-refractivity contribution in [2.75, 3.05) is 38.1 Å². The molecule has 3 N–H and O–H groups in total. The third-order valence-electron chi connectivity index (χ3n) is 4.91. The van der Waals surface area contributed by atoms with Crippen LogP contribution in [0.5, 0.6) is 0 Å². The van der Waals surface area contributed by atoms with Gasteiger partial charge < -0.3 is 15.5 Å². The maximum atomic E-state index is 13.1. The number of guanidine groups is 1. The zero-order valence-corrected chi connectivity index (χ0v) is 17.2. The van der Waals surface area contributed by atoms with E-state index in [1.165, 1.54) is 19.2 Å². The number of aliphatic imine (C=N–C) groups is 1. The first kappa shape index (κ1) is 21.1. The predicted octanol–water partition coefficient (Wildman–Crippen LogP) is 1.51. The molecule has 0 atom stereocenters. The molecule has 2 aromatic carbocycles. The van der Waals surface area contributed by atoms with Crippen LogP contribution < -0.4 is 15.4 Å². The van der Waals surface area contributed by atoms with E-state index < -0.39 is 10.0 Å². The number of halogens is 1. The quantitative estimate of drug-likeness (QED) is 0.547. The summed E-state index contributed by atoms with van der Waals surface area (Å²) in [7, 11) is -1.88. The number of rotatable bonds is 6. The highest BCUT2D eigenvalue weighted by atomic mass is 32.2. The highest BCUT2D eigenvalue weighted by Crippen LogP contribution is 2.17. The maximum absolute atomic E-state index is 13.1. The molecular weight excluding hydrogens is 393 g/mol. The Morgan fingerprint density at radius 1 is 1.03 bits per heavy atom. The lowest BCUT2D eigenvalue weighted by atomic mass is 10.1. The van der Waals surface area contributed by atoms with Gasteiger partial charge in [-0.15, -0.1) is 0 Å². The lowest BCUT2D eigenvalue weighted by Crippen LogP contribution is -2.51. The highest BCUT2D eigenvalue weighted by molar-refractivity contribution is 7.88. The summed E-state index contributed by atoms with van der Waals surface area (Å²) in [6.45, 7) is 3.50. The summed E-state index contributed by atoms with van der Waals surface area (Å²) < 4.78 is 38.6. The number of anilines is 1. The van der Waals surface area contributed by atoms with Crippen LogP contribution in [0.25, 0.3) is 0 Å². The first-order valence-corrected chi connectivity index (χ1v) is 11.1. The third-order valence-corrected chi connectivity index (χ3v) is 6.25. The number of piperazine rings is 1. The van der Waals surface area contributed by atoms with Gasteiger partial charge in [0.1, 0.15) is 5.82 Å². The standard InChI is InChI=1S/C20H26FN5O2S/c1-23-29(27,28)15-17-4-2-16(3-5-17)14-24-20(22)26-12-10-25(11-13-26)19-8-6-18(21)7-9-19/h2-9,23H,10-15H2,1H3,(H2,22,24). The molecule has 3 rings (SSSR count). The topological polar surface area (TPSA) is 91.0 Å². The Kier molecular flexibility index (Phi) is 6.71. The van der Waals surface area contributed by atoms with Gasteiger partial charge in [0.05, 0.1) is 12.3 Å². The zero-order valence-electron chi connectivity index (χ0n) is 16.4. The van der Waals surface area contributed by atoms with Crippen LogP contribution in [-0.2, 0) is 22.3 Å². The molecule has 1 fully saturated rings. The Morgan fingerprint density at radius 2 is 1.62 bits per heavy atom. The van der Waals surface area contributed by atoms with E-state index in [1.807, 2.05) is 17.0 Å². The molecule has 0 spiro atoms. The van der Waals surface area contributed by atoms with E-state index in [9.17, 15) is 12.8 Å². The fourth-order valence-corrected chi connectivity index (χ4v) is 3.93. The van der Waals surface area contributed by atoms with Crippen molar-refractivity contribution in [2.24, 2.45) is 10.7 Å². The van der Waals surface area contributed by atoms with Crippen molar-refractivity contribution in [3.63, 3.8) is 0 Å². The van der Waals surface area contributed by atoms with Gasteiger partial charge in [0.2, 0.25) is 10.0 Å². The number of nitrogens with one attached hydrogen (secondary N) is 1. The van der Waals surface area contributed by atoms with Crippen molar-refractivity contribution >= 4 is 21.7 Å². The van der Waals surface area contributed by atoms with Crippen LogP contribution in [-0.4, -0.2) is 52.5 Å². The van der Waals surface area contributed by atoms with Gasteiger partial charge in [0.15, 0.2) is 5.96 Å². The van der Waals surface area contributed by atoms with Gasteiger partial charge in [-0.2, -0.15) is 0 Å². The van der Waals surface area contributed by atoms with Crippen LogP contribution in [0.1, 0.15) is 11.1 Å². The van der Waals surface area contributed by atoms with Crippen LogP contribution >= 0.6 is 0 Å². The van der Waals surface area contributed by atoms with E-state index in [1.54, 1.807) is 24.3 Å². The fourth-order valence-electron chi connectivity index (χ4n) is 3.15. The van der Waals surface area contributed by atoms with Gasteiger partial charge >= 0.3 is 0 Å². The van der Waals surface area contributed by atoms with Crippen molar-refractivity contribution in [2.45, 2.75) is 12.3 Å². The van der Waals surface area contributed by atoms with E-state index in [0.717, 1.165) is 43.0 Å². The minimum Gasteiger partial charge on any atom is -0.370 e. The summed E-state index contributed by atoms with van der Waals surface area (Å²) in [5.74, 6) is 0.208. The molecule has 0 amide bonds. The molecule has 0 aromatic heterocycles. The van der Waals surface area contributed by atoms with Gasteiger partial charge in [0.25, 0.3) is 0 Å². The molecule has 7 nitrogen and oxygen atoms in total. The summed E-state index contributed by atoms with van der Waals surface area (Å²) >= 11 is 0. The minimum absolute atomic E-state index is 0.0481. The van der Waals surface area contributed by atoms with Crippen LogP contribution in [0.2, 0.25) is 0 Å². The monoisotopic (exact) mass is 419 g/mol. The molecule has 1 aliphatic rings. The molecule has 1 aliphatic heterocycles. The molecule has 1 saturated heterocycles. The Bertz CT molecular complexity index is 938. The van der Waals surface area contributed by atoms with Crippen LogP contribution in [0, 0.1) is 5.82 Å². The van der Waals surface area contributed by atoms with Crippen molar-refractivity contribution in [3.05, 3.63) is 65.5 Å². The maximum Gasteiger partial charge on any atom is 0.215 e. The Hall–Kier alpha value is -2.65. The van der Waals surface area contributed by atoms with E-state index in [-0.39, 0.29) is 11.6 Å². The number of hydrogen-bond donors (Lipinski definition) is 2. The second-order valence-corrected chi connectivity index (χ2v) is 8.83. The molecule has 9 heteroatoms. The van der Waals surface area contributed by atoms with Crippen molar-refractivity contribution in [1.29, 1.82) is 0 Å². The molecule has 0 saturated carbocycles. The highest BCUT2D eigenvalue weighted by Gasteiger charge is 2.18. The summed E-state index contributed by atoms with van der Waals surface area (Å²) in [6, 6.07) is 13.8. The summed E-state index contributed by atoms with van der Waals surface area (Å²) in [5, 5.41) is 0. The van der Waals surface area contributed by atoms with Crippen LogP contribution in [0.4, 0.5) is 10.1 Å². The predicted molar refractivity (Wildman–Crippen MR) is 114 cm³/mol. The first-order chi connectivity index (χ1) is 13.9. The summed E-state index contributed by atoms with van der Waals surface area (Å²) in [4.78, 5) is 8.70. The number of benzene rings is 2. The van der Waals surface area contributed by atoms with Crippen LogP contribution in [0.15, 0.2) is 53.5 Å². The van der Waals surface area contributed by atoms with E-state index in [0.29, 0.717) is 12.5 Å². The molecule has 0 aliphatic carbocycles. The number of nitrogens with two attached hydrogens (primary N) is 1. The second-order valence-electron chi connectivity index (χ2n) is 6.90. The smallest absolute Gasteiger partial charge is 0.215 e. The largest absolute Gasteiger partial charge is 0.370 e. The molecule has 2 aromatic rings. The van der Waals surface area contributed by atoms with Gasteiger partial charge in [-0.3, -0.25) is 0 Å². The number of sulfonamides is 1. The molecule has 0 unspecified atom stereocenters. The van der Waals surface area contributed by atoms with Crippen LogP contribution in [0.3, 0.4) is 0 Å². The summed E-state index contributed by atoms with van der Waals surface area (Å²) in [6.07, 6.45) is 0. The summed E-state index contributed by atoms with van der Waals surface area (Å²) in [5.41, 5.74) is 8.83. The molecule has 0 radical (unpaired) electrons. The molecule has 156 valence electrons. The Labute approximate surface area is 171 Å². The third kappa shape index (κ3) is 5.91. The SMILES string of the molecule is CNS(=O)(=O)Cc1ccc(CN=C(N)N2CCN(c3ccc(F)cc3)CC2)cc1. The van der Waals surface area contributed by atoms with E-state index in [4.69, 9.17) is 5.73 Å². The fraction of sp³-hybridized carbons (Fsp3) is 0.350. The molecule has 0 bridgehead atoms. The molecular formula is C20H26FN5O2S. The first-order valence-electron chi connectivity index (χ1n) is 9.41. The van der Waals surface area contributed by atoms with E-state index >= 15 is 0 Å². The lowest BCUT2D eigenvalue weighted by molar-refractivity contribution is 0.380. The number of nitrogens with zero attached hydrogens (tertiary/aromatic N) is 3. The Balaban J connectivity index is 1.52. The lowest BCUT2D eigenvalue weighted by Gasteiger charge is -2.36. The number of hydrogen-bond acceptors (Lipinski definition) is 4. The molecule has 29 heavy (non-hydrogen) atoms. The van der Waals surface area contributed by atoms with Crippen molar-refractivity contribution < 1.29 is 12.8 Å². The van der Waals surface area contributed by atoms with Gasteiger partial charge in [-0.1, -0.05) is 24.3 Å².